The Morgan fingerprint density at radius 3 is 2.59 bits per heavy atom. The fraction of sp³-hybridized carbons (Fsp3) is 0.263. The molecule has 2 aromatic carbocycles. The molecule has 0 aliphatic rings. The third-order valence-corrected chi connectivity index (χ3v) is 5.62. The van der Waals surface area contributed by atoms with Gasteiger partial charge in [-0.2, -0.15) is 8.78 Å². The molecule has 0 fully saturated rings. The van der Waals surface area contributed by atoms with Gasteiger partial charge in [-0.3, -0.25) is 4.57 Å². The lowest BCUT2D eigenvalue weighted by Crippen LogP contribution is -2.30. The van der Waals surface area contributed by atoms with E-state index >= 15 is 0 Å². The van der Waals surface area contributed by atoms with Crippen molar-refractivity contribution < 1.29 is 26.7 Å². The van der Waals surface area contributed by atoms with Crippen LogP contribution in [0.4, 0.5) is 8.78 Å². The summed E-state index contributed by atoms with van der Waals surface area (Å²) in [5.74, 6) is -0.959. The summed E-state index contributed by atoms with van der Waals surface area (Å²) in [5, 5.41) is 0. The van der Waals surface area contributed by atoms with Crippen molar-refractivity contribution >= 4 is 27.0 Å². The minimum atomic E-state index is -3.79. The fourth-order valence-electron chi connectivity index (χ4n) is 2.80. The number of halogens is 2. The van der Waals surface area contributed by atoms with Crippen molar-refractivity contribution in [3.8, 4) is 0 Å². The first-order valence-electron chi connectivity index (χ1n) is 8.72. The molecule has 0 saturated heterocycles. The van der Waals surface area contributed by atoms with Gasteiger partial charge in [0.05, 0.1) is 21.5 Å². The van der Waals surface area contributed by atoms with Gasteiger partial charge < -0.3 is 4.74 Å². The van der Waals surface area contributed by atoms with Crippen LogP contribution in [-0.2, 0) is 21.4 Å². The van der Waals surface area contributed by atoms with E-state index in [0.29, 0.717) is 10.1 Å². The smallest absolute Gasteiger partial charge is 0.338 e. The number of fused-ring (bicyclic) bond motifs is 1. The molecule has 10 heteroatoms. The summed E-state index contributed by atoms with van der Waals surface area (Å²) >= 11 is 0. The van der Waals surface area contributed by atoms with Crippen LogP contribution in [0.15, 0.2) is 53.4 Å². The number of sulfonamides is 1. The molecule has 1 N–H and O–H groups in total. The molecular weight excluding hydrogens is 404 g/mol. The van der Waals surface area contributed by atoms with Crippen LogP contribution in [0.1, 0.15) is 36.6 Å². The predicted octanol–water partition coefficient (Wildman–Crippen LogP) is 3.48. The number of alkyl halides is 2. The lowest BCUT2D eigenvalue weighted by Gasteiger charge is -2.11. The molecule has 0 saturated carbocycles. The minimum absolute atomic E-state index is 0.0173. The van der Waals surface area contributed by atoms with Crippen molar-refractivity contribution in [1.82, 2.24) is 14.3 Å². The zero-order valence-corrected chi connectivity index (χ0v) is 16.5. The highest BCUT2D eigenvalue weighted by Gasteiger charge is 2.21. The van der Waals surface area contributed by atoms with Gasteiger partial charge in [0, 0.05) is 6.04 Å². The van der Waals surface area contributed by atoms with Gasteiger partial charge in [-0.15, -0.1) is 0 Å². The van der Waals surface area contributed by atoms with Crippen LogP contribution in [-0.4, -0.2) is 30.0 Å². The first-order chi connectivity index (χ1) is 13.7. The Bertz CT molecular complexity index is 1140. The monoisotopic (exact) mass is 423 g/mol. The molecule has 7 nitrogen and oxygen atoms in total. The van der Waals surface area contributed by atoms with Gasteiger partial charge in [-0.25, -0.2) is 22.9 Å². The molecule has 1 aromatic heterocycles. The number of aromatic nitrogens is 2. The largest absolute Gasteiger partial charge is 0.454 e. The van der Waals surface area contributed by atoms with Crippen molar-refractivity contribution in [3.05, 3.63) is 59.9 Å². The lowest BCUT2D eigenvalue weighted by atomic mass is 10.2. The molecule has 0 spiro atoms. The van der Waals surface area contributed by atoms with Gasteiger partial charge in [0.1, 0.15) is 6.61 Å². The number of carbonyl (C=O) groups is 1. The summed E-state index contributed by atoms with van der Waals surface area (Å²) in [5.41, 5.74) is 0.560. The Labute approximate surface area is 166 Å². The Morgan fingerprint density at radius 1 is 1.17 bits per heavy atom. The maximum Gasteiger partial charge on any atom is 0.338 e. The molecule has 0 amide bonds. The number of nitrogens with one attached hydrogen (secondary N) is 1. The van der Waals surface area contributed by atoms with Crippen LogP contribution in [0.3, 0.4) is 0 Å². The zero-order valence-electron chi connectivity index (χ0n) is 15.7. The normalized spacial score (nSPS) is 12.1. The third-order valence-electron chi connectivity index (χ3n) is 3.97. The van der Waals surface area contributed by atoms with E-state index in [1.54, 1.807) is 32.0 Å². The molecule has 0 unspecified atom stereocenters. The summed E-state index contributed by atoms with van der Waals surface area (Å²) in [6.07, 6.45) is 0. The molecule has 0 aliphatic heterocycles. The number of carbonyl (C=O) groups excluding carboxylic acids is 1. The van der Waals surface area contributed by atoms with E-state index in [4.69, 9.17) is 4.74 Å². The van der Waals surface area contributed by atoms with Crippen molar-refractivity contribution in [2.24, 2.45) is 0 Å². The highest BCUT2D eigenvalue weighted by molar-refractivity contribution is 7.89. The molecule has 3 rings (SSSR count). The van der Waals surface area contributed by atoms with E-state index in [2.05, 4.69) is 9.71 Å². The Morgan fingerprint density at radius 2 is 1.90 bits per heavy atom. The number of para-hydroxylation sites is 2. The number of benzene rings is 2. The summed E-state index contributed by atoms with van der Waals surface area (Å²) in [4.78, 5) is 16.3. The Hall–Kier alpha value is -2.85. The third kappa shape index (κ3) is 4.60. The van der Waals surface area contributed by atoms with Gasteiger partial charge in [-0.05, 0) is 44.2 Å². The molecular formula is C19H19F2N3O4S. The summed E-state index contributed by atoms with van der Waals surface area (Å²) in [7, 11) is -3.79. The number of hydrogen-bond acceptors (Lipinski definition) is 5. The average molecular weight is 423 g/mol. The lowest BCUT2D eigenvalue weighted by molar-refractivity contribution is 0.0387. The van der Waals surface area contributed by atoms with E-state index in [1.165, 1.54) is 30.3 Å². The van der Waals surface area contributed by atoms with Gasteiger partial charge in [-0.1, -0.05) is 18.2 Å². The van der Waals surface area contributed by atoms with E-state index in [9.17, 15) is 22.0 Å². The quantitative estimate of drug-likeness (QED) is 0.588. The highest BCUT2D eigenvalue weighted by Crippen LogP contribution is 2.24. The number of nitrogens with zero attached hydrogens (tertiary/aromatic N) is 2. The van der Waals surface area contributed by atoms with Gasteiger partial charge in [0.2, 0.25) is 10.0 Å². The molecule has 0 aliphatic carbocycles. The number of rotatable bonds is 7. The number of hydrogen-bond donors (Lipinski definition) is 1. The van der Waals surface area contributed by atoms with Crippen molar-refractivity contribution in [2.45, 2.75) is 37.9 Å². The first-order valence-corrected chi connectivity index (χ1v) is 10.2. The molecule has 0 radical (unpaired) electrons. The van der Waals surface area contributed by atoms with Crippen LogP contribution < -0.4 is 4.72 Å². The van der Waals surface area contributed by atoms with Crippen molar-refractivity contribution in [2.75, 3.05) is 0 Å². The van der Waals surface area contributed by atoms with E-state index in [1.807, 2.05) is 0 Å². The van der Waals surface area contributed by atoms with E-state index in [0.717, 1.165) is 0 Å². The molecule has 1 heterocycles. The van der Waals surface area contributed by atoms with Crippen LogP contribution in [0, 0.1) is 0 Å². The molecule has 29 heavy (non-hydrogen) atoms. The Kier molecular flexibility index (Phi) is 5.94. The summed E-state index contributed by atoms with van der Waals surface area (Å²) < 4.78 is 59.6. The summed E-state index contributed by atoms with van der Waals surface area (Å²) in [6.45, 7) is 0.000831. The topological polar surface area (TPSA) is 90.3 Å². The fourth-order valence-corrected chi connectivity index (χ4v) is 4.09. The second-order valence-electron chi connectivity index (χ2n) is 6.54. The maximum absolute atomic E-state index is 13.4. The highest BCUT2D eigenvalue weighted by atomic mass is 32.2. The molecule has 0 bridgehead atoms. The minimum Gasteiger partial charge on any atom is -0.454 e. The second-order valence-corrected chi connectivity index (χ2v) is 8.26. The van der Waals surface area contributed by atoms with E-state index in [-0.39, 0.29) is 27.8 Å². The van der Waals surface area contributed by atoms with Crippen molar-refractivity contribution in [1.29, 1.82) is 0 Å². The van der Waals surface area contributed by atoms with Crippen molar-refractivity contribution in [3.63, 3.8) is 0 Å². The number of imidazole rings is 1. The number of esters is 1. The average Bonchev–Trinajstić information content (AvgIpc) is 3.04. The van der Waals surface area contributed by atoms with Crippen LogP contribution >= 0.6 is 0 Å². The molecule has 154 valence electrons. The maximum atomic E-state index is 13.4. The van der Waals surface area contributed by atoms with E-state index < -0.39 is 29.1 Å². The zero-order chi connectivity index (χ0) is 21.2. The Balaban J connectivity index is 1.81. The van der Waals surface area contributed by atoms with Crippen LogP contribution in [0.25, 0.3) is 11.0 Å². The van der Waals surface area contributed by atoms with Gasteiger partial charge >= 0.3 is 12.5 Å². The first kappa shape index (κ1) is 20.9. The standard InChI is InChI=1S/C19H19F2N3O4S/c1-12(2)23-29(26,27)14-7-5-6-13(10-14)18(25)28-11-17-22-15-8-3-4-9-16(15)24(17)19(20)21/h3-10,12,19,23H,11H2,1-2H3. The van der Waals surface area contributed by atoms with Gasteiger partial charge in [0.15, 0.2) is 5.82 Å². The second kappa shape index (κ2) is 8.26. The number of ether oxygens (including phenoxy) is 1. The molecule has 3 aromatic rings. The van der Waals surface area contributed by atoms with Crippen LogP contribution in [0.2, 0.25) is 0 Å². The molecule has 0 atom stereocenters. The predicted molar refractivity (Wildman–Crippen MR) is 102 cm³/mol. The van der Waals surface area contributed by atoms with Gasteiger partial charge in [0.25, 0.3) is 0 Å². The SMILES string of the molecule is CC(C)NS(=O)(=O)c1cccc(C(=O)OCc2nc3ccccc3n2C(F)F)c1. The summed E-state index contributed by atoms with van der Waals surface area (Å²) in [6, 6.07) is 11.3. The van der Waals surface area contributed by atoms with Crippen LogP contribution in [0.5, 0.6) is 0 Å².